The van der Waals surface area contributed by atoms with Gasteiger partial charge in [-0.1, -0.05) is 26.0 Å². The molecule has 3 heteroatoms. The van der Waals surface area contributed by atoms with E-state index in [0.717, 1.165) is 0 Å². The molecule has 2 atom stereocenters. The van der Waals surface area contributed by atoms with Crippen molar-refractivity contribution < 1.29 is 14.3 Å². The quantitative estimate of drug-likeness (QED) is 0.660. The van der Waals surface area contributed by atoms with E-state index in [-0.39, 0.29) is 17.3 Å². The van der Waals surface area contributed by atoms with Gasteiger partial charge >= 0.3 is 5.97 Å². The van der Waals surface area contributed by atoms with Crippen molar-refractivity contribution in [2.45, 2.75) is 13.8 Å². The summed E-state index contributed by atoms with van der Waals surface area (Å²) in [6.45, 7) is 3.26. The minimum absolute atomic E-state index is 0.00532. The van der Waals surface area contributed by atoms with Crippen LogP contribution in [0.2, 0.25) is 0 Å². The van der Waals surface area contributed by atoms with Gasteiger partial charge in [-0.05, 0) is 11.3 Å². The normalized spacial score (nSPS) is 32.2. The summed E-state index contributed by atoms with van der Waals surface area (Å²) < 4.78 is 11.7. The summed E-state index contributed by atoms with van der Waals surface area (Å²) in [6.07, 6.45) is 3.05. The van der Waals surface area contributed by atoms with Crippen LogP contribution in [0.1, 0.15) is 13.8 Å². The highest BCUT2D eigenvalue weighted by Crippen LogP contribution is 2.58. The van der Waals surface area contributed by atoms with Crippen LogP contribution in [0.3, 0.4) is 0 Å². The second-order valence-corrected chi connectivity index (χ2v) is 3.75. The number of carbonyl (C=O) groups is 1. The van der Waals surface area contributed by atoms with E-state index in [4.69, 9.17) is 5.11 Å². The molecule has 0 radical (unpaired) electrons. The Kier molecular flexibility index (Phi) is 2.22. The number of halogens is 1. The maximum atomic E-state index is 11.7. The molecule has 1 N–H and O–H groups in total. The van der Waals surface area contributed by atoms with Gasteiger partial charge in [-0.3, -0.25) is 4.79 Å². The van der Waals surface area contributed by atoms with Crippen LogP contribution < -0.4 is 0 Å². The molecule has 0 aromatic rings. The van der Waals surface area contributed by atoms with Crippen LogP contribution in [0.25, 0.3) is 0 Å². The smallest absolute Gasteiger partial charge is 0.307 e. The molecule has 1 aliphatic carbocycles. The van der Waals surface area contributed by atoms with Crippen molar-refractivity contribution in [2.75, 3.05) is 6.67 Å². The topological polar surface area (TPSA) is 37.3 Å². The first kappa shape index (κ1) is 9.23. The predicted molar refractivity (Wildman–Crippen MR) is 43.5 cm³/mol. The number of rotatable bonds is 3. The zero-order valence-electron chi connectivity index (χ0n) is 7.25. The van der Waals surface area contributed by atoms with Crippen molar-refractivity contribution in [2.24, 2.45) is 17.3 Å². The molecule has 0 saturated heterocycles. The lowest BCUT2D eigenvalue weighted by molar-refractivity contribution is -0.139. The van der Waals surface area contributed by atoms with Gasteiger partial charge in [0.2, 0.25) is 0 Å². The minimum atomic E-state index is -0.784. The average molecular weight is 172 g/mol. The van der Waals surface area contributed by atoms with Crippen LogP contribution in [-0.4, -0.2) is 17.8 Å². The first-order valence-electron chi connectivity index (χ1n) is 3.97. The van der Waals surface area contributed by atoms with Crippen LogP contribution in [0.15, 0.2) is 12.2 Å². The number of aliphatic carboxylic acids is 1. The Morgan fingerprint density at radius 3 is 2.58 bits per heavy atom. The van der Waals surface area contributed by atoms with Crippen LogP contribution in [-0.2, 0) is 4.79 Å². The summed E-state index contributed by atoms with van der Waals surface area (Å²) in [5.41, 5.74) is -0.197. The second-order valence-electron chi connectivity index (χ2n) is 3.75. The van der Waals surface area contributed by atoms with E-state index in [1.54, 1.807) is 6.08 Å². The number of carboxylic acids is 1. The van der Waals surface area contributed by atoms with Crippen molar-refractivity contribution in [1.29, 1.82) is 0 Å². The maximum Gasteiger partial charge on any atom is 0.307 e. The third kappa shape index (κ3) is 1.36. The van der Waals surface area contributed by atoms with E-state index in [1.807, 2.05) is 13.8 Å². The summed E-state index contributed by atoms with van der Waals surface area (Å²) in [5, 5.41) is 8.73. The van der Waals surface area contributed by atoms with Gasteiger partial charge in [0.1, 0.15) is 6.67 Å². The van der Waals surface area contributed by atoms with Crippen molar-refractivity contribution in [3.8, 4) is 0 Å². The zero-order chi connectivity index (χ0) is 9.35. The van der Waals surface area contributed by atoms with Gasteiger partial charge in [-0.25, -0.2) is 4.39 Å². The van der Waals surface area contributed by atoms with Gasteiger partial charge in [0.15, 0.2) is 0 Å². The average Bonchev–Trinajstić information content (AvgIpc) is 2.49. The Labute approximate surface area is 71.1 Å². The molecular weight excluding hydrogens is 159 g/mol. The fraction of sp³-hybridized carbons (Fsp3) is 0.667. The molecule has 2 unspecified atom stereocenters. The van der Waals surface area contributed by atoms with E-state index < -0.39 is 12.6 Å². The molecule has 1 aliphatic rings. The van der Waals surface area contributed by atoms with Gasteiger partial charge in [-0.15, -0.1) is 0 Å². The van der Waals surface area contributed by atoms with Gasteiger partial charge in [0, 0.05) is 0 Å². The molecule has 0 heterocycles. The fourth-order valence-electron chi connectivity index (χ4n) is 1.71. The summed E-state index contributed by atoms with van der Waals surface area (Å²) >= 11 is 0. The summed E-state index contributed by atoms with van der Waals surface area (Å²) in [5.74, 6) is -1.11. The van der Waals surface area contributed by atoms with E-state index in [2.05, 4.69) is 0 Å². The lowest BCUT2D eigenvalue weighted by Gasteiger charge is -1.95. The molecular formula is C9H13FO2. The zero-order valence-corrected chi connectivity index (χ0v) is 7.25. The van der Waals surface area contributed by atoms with Crippen LogP contribution in [0.5, 0.6) is 0 Å². The molecule has 68 valence electrons. The maximum absolute atomic E-state index is 11.7. The highest BCUT2D eigenvalue weighted by atomic mass is 19.1. The summed E-state index contributed by atoms with van der Waals surface area (Å²) in [4.78, 5) is 10.6. The van der Waals surface area contributed by atoms with E-state index >= 15 is 0 Å². The minimum Gasteiger partial charge on any atom is -0.481 e. The number of allylic oxidation sites excluding steroid dienone is 2. The Hall–Kier alpha value is -0.860. The molecule has 0 aromatic heterocycles. The molecule has 1 fully saturated rings. The largest absolute Gasteiger partial charge is 0.481 e. The second kappa shape index (κ2) is 2.88. The van der Waals surface area contributed by atoms with Gasteiger partial charge in [-0.2, -0.15) is 0 Å². The molecule has 1 saturated carbocycles. The third-order valence-corrected chi connectivity index (χ3v) is 2.61. The van der Waals surface area contributed by atoms with Crippen LogP contribution in [0, 0.1) is 17.3 Å². The van der Waals surface area contributed by atoms with Gasteiger partial charge < -0.3 is 5.11 Å². The Morgan fingerprint density at radius 2 is 2.25 bits per heavy atom. The first-order chi connectivity index (χ1) is 5.51. The van der Waals surface area contributed by atoms with Crippen LogP contribution >= 0.6 is 0 Å². The van der Waals surface area contributed by atoms with E-state index in [0.29, 0.717) is 0 Å². The van der Waals surface area contributed by atoms with Crippen molar-refractivity contribution >= 4 is 5.97 Å². The standard InChI is InChI=1S/C9H13FO2/c1-9(2)6(4-3-5-10)7(9)8(11)12/h3-4,6-7H,5H2,1-2H3,(H,11,12). The fourth-order valence-corrected chi connectivity index (χ4v) is 1.71. The highest BCUT2D eigenvalue weighted by molar-refractivity contribution is 5.76. The summed E-state index contributed by atoms with van der Waals surface area (Å²) in [7, 11) is 0. The predicted octanol–water partition coefficient (Wildman–Crippen LogP) is 1.87. The lowest BCUT2D eigenvalue weighted by Crippen LogP contribution is -2.02. The van der Waals surface area contributed by atoms with Crippen molar-refractivity contribution in [1.82, 2.24) is 0 Å². The Balaban J connectivity index is 2.60. The molecule has 0 spiro atoms. The van der Waals surface area contributed by atoms with Gasteiger partial charge in [0.25, 0.3) is 0 Å². The SMILES string of the molecule is CC1(C)C(C=CCF)C1C(=O)O. The molecule has 0 bridgehead atoms. The first-order valence-corrected chi connectivity index (χ1v) is 3.97. The Morgan fingerprint density at radius 1 is 1.67 bits per heavy atom. The molecule has 0 aliphatic heterocycles. The molecule has 2 nitrogen and oxygen atoms in total. The molecule has 0 aromatic carbocycles. The molecule has 1 rings (SSSR count). The number of alkyl halides is 1. The molecule has 0 amide bonds. The number of hydrogen-bond acceptors (Lipinski definition) is 1. The van der Waals surface area contributed by atoms with E-state index in [9.17, 15) is 9.18 Å². The van der Waals surface area contributed by atoms with Gasteiger partial charge in [0.05, 0.1) is 5.92 Å². The summed E-state index contributed by atoms with van der Waals surface area (Å²) in [6, 6.07) is 0. The molecule has 12 heavy (non-hydrogen) atoms. The van der Waals surface area contributed by atoms with Crippen molar-refractivity contribution in [3.05, 3.63) is 12.2 Å². The van der Waals surface area contributed by atoms with E-state index in [1.165, 1.54) is 6.08 Å². The highest BCUT2D eigenvalue weighted by Gasteiger charge is 2.60. The Bertz CT molecular complexity index is 221. The number of carboxylic acid groups (broad SMARTS) is 1. The lowest BCUT2D eigenvalue weighted by atomic mass is 10.1. The monoisotopic (exact) mass is 172 g/mol. The van der Waals surface area contributed by atoms with Crippen molar-refractivity contribution in [3.63, 3.8) is 0 Å². The third-order valence-electron chi connectivity index (χ3n) is 2.61. The number of hydrogen-bond donors (Lipinski definition) is 1. The van der Waals surface area contributed by atoms with Crippen LogP contribution in [0.4, 0.5) is 4.39 Å².